The minimum absolute atomic E-state index is 0. The molecule has 1 aromatic heterocycles. The average Bonchev–Trinajstić information content (AvgIpc) is 2.47. The summed E-state index contributed by atoms with van der Waals surface area (Å²) in [6, 6.07) is 7.04. The van der Waals surface area contributed by atoms with Gasteiger partial charge in [0.15, 0.2) is 0 Å². The van der Waals surface area contributed by atoms with Crippen LogP contribution in [0, 0.1) is 0 Å². The summed E-state index contributed by atoms with van der Waals surface area (Å²) >= 11 is 0. The smallest absolute Gasteiger partial charge is 0.244 e. The summed E-state index contributed by atoms with van der Waals surface area (Å²) in [5.41, 5.74) is 0. The number of aromatic nitrogens is 1. The normalized spacial score (nSPS) is 19.2. The van der Waals surface area contributed by atoms with E-state index in [9.17, 15) is 8.42 Å². The number of nitrogens with one attached hydrogen (secondary N) is 1. The molecule has 0 spiro atoms. The third-order valence-corrected chi connectivity index (χ3v) is 5.74. The SMILES string of the molecule is C[C@@H]1CNCCN1S(=O)(=O)c1cccc2cnccc12.Cl.Cl. The number of sulfonamides is 1. The van der Waals surface area contributed by atoms with Crippen LogP contribution in [0.25, 0.3) is 10.8 Å². The van der Waals surface area contributed by atoms with E-state index in [4.69, 9.17) is 0 Å². The van der Waals surface area contributed by atoms with E-state index in [1.165, 1.54) is 0 Å². The van der Waals surface area contributed by atoms with Crippen LogP contribution in [0.4, 0.5) is 0 Å². The zero-order valence-corrected chi connectivity index (χ0v) is 14.5. The molecule has 2 aromatic rings. The number of pyridine rings is 1. The van der Waals surface area contributed by atoms with Gasteiger partial charge in [-0.1, -0.05) is 12.1 Å². The maximum absolute atomic E-state index is 12.9. The van der Waals surface area contributed by atoms with Crippen LogP contribution in [0.1, 0.15) is 6.92 Å². The summed E-state index contributed by atoms with van der Waals surface area (Å²) in [6.07, 6.45) is 3.32. The lowest BCUT2D eigenvalue weighted by Gasteiger charge is -2.33. The fraction of sp³-hybridized carbons (Fsp3) is 0.357. The Balaban J connectivity index is 0.00000121. The molecule has 0 amide bonds. The topological polar surface area (TPSA) is 62.3 Å². The van der Waals surface area contributed by atoms with Crippen molar-refractivity contribution in [2.24, 2.45) is 0 Å². The first-order valence-corrected chi connectivity index (χ1v) is 8.10. The summed E-state index contributed by atoms with van der Waals surface area (Å²) in [5, 5.41) is 4.78. The first-order valence-electron chi connectivity index (χ1n) is 6.66. The number of piperazine rings is 1. The second-order valence-electron chi connectivity index (χ2n) is 5.02. The highest BCUT2D eigenvalue weighted by Crippen LogP contribution is 2.26. The van der Waals surface area contributed by atoms with Gasteiger partial charge in [-0.3, -0.25) is 4.98 Å². The van der Waals surface area contributed by atoms with E-state index in [-0.39, 0.29) is 30.9 Å². The summed E-state index contributed by atoms with van der Waals surface area (Å²) in [6.45, 7) is 3.81. The van der Waals surface area contributed by atoms with Crippen LogP contribution in [0.5, 0.6) is 0 Å². The molecule has 1 aromatic carbocycles. The van der Waals surface area contributed by atoms with Gasteiger partial charge in [-0.2, -0.15) is 4.31 Å². The Morgan fingerprint density at radius 2 is 2.05 bits per heavy atom. The number of fused-ring (bicyclic) bond motifs is 1. The zero-order valence-electron chi connectivity index (χ0n) is 12.1. The van der Waals surface area contributed by atoms with Crippen molar-refractivity contribution in [1.82, 2.24) is 14.6 Å². The van der Waals surface area contributed by atoms with Crippen molar-refractivity contribution in [3.8, 4) is 0 Å². The van der Waals surface area contributed by atoms with Gasteiger partial charge in [0.25, 0.3) is 0 Å². The fourth-order valence-electron chi connectivity index (χ4n) is 2.62. The second kappa shape index (κ2) is 7.57. The van der Waals surface area contributed by atoms with Crippen LogP contribution in [-0.4, -0.2) is 43.4 Å². The molecule has 1 atom stereocenters. The van der Waals surface area contributed by atoms with Gasteiger partial charge >= 0.3 is 0 Å². The molecule has 0 saturated carbocycles. The standard InChI is InChI=1S/C14H17N3O2S.2ClH/c1-11-9-16-7-8-17(11)20(18,19)14-4-2-3-12-10-15-6-5-13(12)14;;/h2-6,10-11,16H,7-9H2,1H3;2*1H/t11-;;/m1../s1. The van der Waals surface area contributed by atoms with Crippen molar-refractivity contribution in [3.05, 3.63) is 36.7 Å². The molecule has 0 radical (unpaired) electrons. The molecule has 8 heteroatoms. The van der Waals surface area contributed by atoms with Gasteiger partial charge in [-0.15, -0.1) is 24.8 Å². The molecule has 1 aliphatic heterocycles. The largest absolute Gasteiger partial charge is 0.314 e. The number of benzene rings is 1. The Labute approximate surface area is 143 Å². The van der Waals surface area contributed by atoms with Crippen LogP contribution in [0.2, 0.25) is 0 Å². The number of nitrogens with zero attached hydrogens (tertiary/aromatic N) is 2. The van der Waals surface area contributed by atoms with Crippen molar-refractivity contribution < 1.29 is 8.42 Å². The van der Waals surface area contributed by atoms with E-state index in [2.05, 4.69) is 10.3 Å². The predicted molar refractivity (Wildman–Crippen MR) is 92.5 cm³/mol. The molecule has 3 rings (SSSR count). The highest BCUT2D eigenvalue weighted by atomic mass is 35.5. The quantitative estimate of drug-likeness (QED) is 0.886. The van der Waals surface area contributed by atoms with Crippen molar-refractivity contribution in [1.29, 1.82) is 0 Å². The average molecular weight is 364 g/mol. The molecule has 5 nitrogen and oxygen atoms in total. The lowest BCUT2D eigenvalue weighted by Crippen LogP contribution is -2.52. The van der Waals surface area contributed by atoms with Crippen molar-refractivity contribution >= 4 is 45.6 Å². The third-order valence-electron chi connectivity index (χ3n) is 3.67. The first-order chi connectivity index (χ1) is 9.60. The monoisotopic (exact) mass is 363 g/mol. The minimum atomic E-state index is -3.47. The number of rotatable bonds is 2. The molecule has 122 valence electrons. The van der Waals surface area contributed by atoms with Crippen LogP contribution >= 0.6 is 24.8 Å². The molecular formula is C14H19Cl2N3O2S. The van der Waals surface area contributed by atoms with Gasteiger partial charge in [-0.25, -0.2) is 8.42 Å². The molecule has 0 unspecified atom stereocenters. The Morgan fingerprint density at radius 1 is 1.27 bits per heavy atom. The molecule has 1 saturated heterocycles. The maximum Gasteiger partial charge on any atom is 0.244 e. The Morgan fingerprint density at radius 3 is 2.77 bits per heavy atom. The molecular weight excluding hydrogens is 345 g/mol. The van der Waals surface area contributed by atoms with E-state index in [0.717, 1.165) is 10.8 Å². The molecule has 0 bridgehead atoms. The zero-order chi connectivity index (χ0) is 14.2. The highest BCUT2D eigenvalue weighted by Gasteiger charge is 2.31. The Kier molecular flexibility index (Phi) is 6.58. The molecule has 22 heavy (non-hydrogen) atoms. The number of hydrogen-bond acceptors (Lipinski definition) is 4. The minimum Gasteiger partial charge on any atom is -0.314 e. The van der Waals surface area contributed by atoms with Crippen LogP contribution < -0.4 is 5.32 Å². The molecule has 1 N–H and O–H groups in total. The maximum atomic E-state index is 12.9. The predicted octanol–water partition coefficient (Wildman–Crippen LogP) is 2.06. The molecule has 2 heterocycles. The van der Waals surface area contributed by atoms with Crippen LogP contribution in [-0.2, 0) is 10.0 Å². The van der Waals surface area contributed by atoms with Crippen molar-refractivity contribution in [2.75, 3.05) is 19.6 Å². The molecule has 1 fully saturated rings. The Bertz CT molecular complexity index is 734. The number of hydrogen-bond donors (Lipinski definition) is 1. The van der Waals surface area contributed by atoms with Gasteiger partial charge in [0.1, 0.15) is 0 Å². The van der Waals surface area contributed by atoms with Gasteiger partial charge < -0.3 is 5.32 Å². The lowest BCUT2D eigenvalue weighted by molar-refractivity contribution is 0.284. The summed E-state index contributed by atoms with van der Waals surface area (Å²) in [4.78, 5) is 4.41. The first kappa shape index (κ1) is 19.1. The fourth-order valence-corrected chi connectivity index (χ4v) is 4.47. The van der Waals surface area contributed by atoms with E-state index >= 15 is 0 Å². The van der Waals surface area contributed by atoms with E-state index in [1.54, 1.807) is 34.9 Å². The number of halogens is 2. The van der Waals surface area contributed by atoms with Crippen molar-refractivity contribution in [3.63, 3.8) is 0 Å². The van der Waals surface area contributed by atoms with E-state index in [0.29, 0.717) is 24.5 Å². The highest BCUT2D eigenvalue weighted by molar-refractivity contribution is 7.89. The van der Waals surface area contributed by atoms with Gasteiger partial charge in [0, 0.05) is 48.8 Å². The second-order valence-corrected chi connectivity index (χ2v) is 6.88. The molecule has 0 aliphatic carbocycles. The molecule has 1 aliphatic rings. The summed E-state index contributed by atoms with van der Waals surface area (Å²) < 4.78 is 27.4. The van der Waals surface area contributed by atoms with Gasteiger partial charge in [0.2, 0.25) is 10.0 Å². The summed E-state index contributed by atoms with van der Waals surface area (Å²) in [7, 11) is -3.47. The van der Waals surface area contributed by atoms with Gasteiger partial charge in [0.05, 0.1) is 4.90 Å². The van der Waals surface area contributed by atoms with E-state index < -0.39 is 10.0 Å². The van der Waals surface area contributed by atoms with Crippen LogP contribution in [0.3, 0.4) is 0 Å². The van der Waals surface area contributed by atoms with E-state index in [1.807, 2.05) is 13.0 Å². The third kappa shape index (κ3) is 3.36. The lowest BCUT2D eigenvalue weighted by atomic mass is 10.2. The van der Waals surface area contributed by atoms with Crippen molar-refractivity contribution in [2.45, 2.75) is 17.9 Å². The van der Waals surface area contributed by atoms with Gasteiger partial charge in [-0.05, 0) is 19.1 Å². The Hall–Kier alpha value is -0.920. The van der Waals surface area contributed by atoms with Crippen LogP contribution in [0.15, 0.2) is 41.6 Å². The summed E-state index contributed by atoms with van der Waals surface area (Å²) in [5.74, 6) is 0.